The van der Waals surface area contributed by atoms with Crippen LogP contribution in [0, 0.1) is 15.9 Å². The van der Waals surface area contributed by atoms with Gasteiger partial charge in [-0.3, -0.25) is 10.1 Å². The Bertz CT molecular complexity index is 572. The third-order valence-electron chi connectivity index (χ3n) is 2.82. The molecule has 2 aromatic rings. The van der Waals surface area contributed by atoms with E-state index in [0.717, 1.165) is 4.88 Å². The second kappa shape index (κ2) is 5.90. The molecule has 4 nitrogen and oxygen atoms in total. The van der Waals surface area contributed by atoms with E-state index in [9.17, 15) is 14.5 Å². The molecule has 0 radical (unpaired) electrons. The molecule has 0 aliphatic heterocycles. The number of nitrogens with one attached hydrogen (secondary N) is 1. The molecule has 0 unspecified atom stereocenters. The molecule has 1 heterocycles. The molecular weight excluding hydrogens is 267 g/mol. The van der Waals surface area contributed by atoms with Gasteiger partial charge in [0.25, 0.3) is 0 Å². The largest absolute Gasteiger partial charge is 0.305 e. The molecule has 1 N–H and O–H groups in total. The summed E-state index contributed by atoms with van der Waals surface area (Å²) in [6, 6.07) is 8.24. The van der Waals surface area contributed by atoms with Crippen LogP contribution in [-0.2, 0) is 6.54 Å². The summed E-state index contributed by atoms with van der Waals surface area (Å²) in [4.78, 5) is 11.1. The minimum absolute atomic E-state index is 0.0821. The fourth-order valence-electron chi connectivity index (χ4n) is 1.75. The Hall–Kier alpha value is -1.79. The third kappa shape index (κ3) is 3.15. The van der Waals surface area contributed by atoms with Crippen molar-refractivity contribution >= 4 is 17.0 Å². The topological polar surface area (TPSA) is 55.2 Å². The minimum Gasteiger partial charge on any atom is -0.305 e. The van der Waals surface area contributed by atoms with Gasteiger partial charge in [-0.2, -0.15) is 4.39 Å². The molecule has 6 heteroatoms. The molecule has 0 bridgehead atoms. The number of nitrogens with zero attached hydrogens (tertiary/aromatic N) is 1. The zero-order valence-corrected chi connectivity index (χ0v) is 11.1. The number of halogens is 1. The van der Waals surface area contributed by atoms with Gasteiger partial charge in [0.05, 0.1) is 4.92 Å². The predicted octanol–water partition coefficient (Wildman–Crippen LogP) is 3.65. The molecule has 1 aromatic carbocycles. The Balaban J connectivity index is 2.08. The van der Waals surface area contributed by atoms with E-state index in [2.05, 4.69) is 5.32 Å². The summed E-state index contributed by atoms with van der Waals surface area (Å²) in [5, 5.41) is 15.8. The van der Waals surface area contributed by atoms with E-state index in [-0.39, 0.29) is 12.6 Å². The van der Waals surface area contributed by atoms with Crippen LogP contribution in [0.3, 0.4) is 0 Å². The van der Waals surface area contributed by atoms with Crippen LogP contribution in [0.1, 0.15) is 23.4 Å². The smallest absolute Gasteiger partial charge is 0.305 e. The molecule has 0 aliphatic rings. The van der Waals surface area contributed by atoms with Crippen LogP contribution < -0.4 is 5.32 Å². The first-order valence-electron chi connectivity index (χ1n) is 5.78. The lowest BCUT2D eigenvalue weighted by atomic mass is 10.1. The van der Waals surface area contributed by atoms with Gasteiger partial charge in [-0.25, -0.2) is 0 Å². The van der Waals surface area contributed by atoms with Crippen molar-refractivity contribution in [2.75, 3.05) is 0 Å². The molecule has 0 fully saturated rings. The van der Waals surface area contributed by atoms with Gasteiger partial charge in [-0.1, -0.05) is 18.2 Å². The highest BCUT2D eigenvalue weighted by Crippen LogP contribution is 2.22. The number of benzene rings is 1. The summed E-state index contributed by atoms with van der Waals surface area (Å²) >= 11 is 1.61. The fourth-order valence-corrected chi connectivity index (χ4v) is 2.50. The van der Waals surface area contributed by atoms with E-state index in [1.54, 1.807) is 17.4 Å². The Kier molecular flexibility index (Phi) is 4.24. The minimum atomic E-state index is -0.765. The molecule has 0 amide bonds. The zero-order chi connectivity index (χ0) is 13.8. The lowest BCUT2D eigenvalue weighted by Gasteiger charge is -2.12. The Morgan fingerprint density at radius 3 is 2.84 bits per heavy atom. The number of hydrogen-bond acceptors (Lipinski definition) is 4. The van der Waals surface area contributed by atoms with Gasteiger partial charge in [0, 0.05) is 29.1 Å². The van der Waals surface area contributed by atoms with Crippen molar-refractivity contribution in [3.63, 3.8) is 0 Å². The maximum absolute atomic E-state index is 13.8. The van der Waals surface area contributed by atoms with Gasteiger partial charge in [-0.05, 0) is 18.4 Å². The molecule has 1 aromatic heterocycles. The van der Waals surface area contributed by atoms with Crippen LogP contribution in [0.15, 0.2) is 35.7 Å². The Morgan fingerprint density at radius 1 is 1.42 bits per heavy atom. The maximum Gasteiger partial charge on any atom is 0.305 e. The van der Waals surface area contributed by atoms with Crippen molar-refractivity contribution in [3.05, 3.63) is 62.1 Å². The molecule has 0 saturated carbocycles. The maximum atomic E-state index is 13.8. The monoisotopic (exact) mass is 280 g/mol. The third-order valence-corrected chi connectivity index (χ3v) is 3.88. The summed E-state index contributed by atoms with van der Waals surface area (Å²) < 4.78 is 13.8. The first kappa shape index (κ1) is 13.6. The molecule has 100 valence electrons. The van der Waals surface area contributed by atoms with Gasteiger partial charge < -0.3 is 5.32 Å². The summed E-state index contributed by atoms with van der Waals surface area (Å²) in [6.45, 7) is 2.23. The van der Waals surface area contributed by atoms with Crippen molar-refractivity contribution in [3.8, 4) is 0 Å². The van der Waals surface area contributed by atoms with Crippen molar-refractivity contribution in [1.29, 1.82) is 0 Å². The molecule has 0 saturated heterocycles. The summed E-state index contributed by atoms with van der Waals surface area (Å²) in [5.74, 6) is -0.765. The Morgan fingerprint density at radius 2 is 2.21 bits per heavy atom. The van der Waals surface area contributed by atoms with E-state index in [0.29, 0.717) is 5.56 Å². The standard InChI is InChI=1S/C13H13FN2O2S/c1-9(12-6-3-7-19-12)15-8-10-4-2-5-11(13(10)14)16(17)18/h2-7,9,15H,8H2,1H3/t9-/m0/s1. The lowest BCUT2D eigenvalue weighted by molar-refractivity contribution is -0.387. The normalized spacial score (nSPS) is 12.3. The van der Waals surface area contributed by atoms with Gasteiger partial charge >= 0.3 is 5.69 Å². The fraction of sp³-hybridized carbons (Fsp3) is 0.231. The summed E-state index contributed by atoms with van der Waals surface area (Å²) in [5.41, 5.74) is -0.180. The van der Waals surface area contributed by atoms with Crippen LogP contribution in [0.5, 0.6) is 0 Å². The van der Waals surface area contributed by atoms with Crippen LogP contribution in [0.4, 0.5) is 10.1 Å². The van der Waals surface area contributed by atoms with Crippen LogP contribution in [-0.4, -0.2) is 4.92 Å². The van der Waals surface area contributed by atoms with Crippen LogP contribution >= 0.6 is 11.3 Å². The van der Waals surface area contributed by atoms with Gasteiger partial charge in [0.2, 0.25) is 5.82 Å². The van der Waals surface area contributed by atoms with E-state index < -0.39 is 16.4 Å². The summed E-state index contributed by atoms with van der Waals surface area (Å²) in [6.07, 6.45) is 0. The Labute approximate surface area is 114 Å². The SMILES string of the molecule is C[C@H](NCc1cccc([N+](=O)[O-])c1F)c1cccs1. The first-order valence-corrected chi connectivity index (χ1v) is 6.66. The van der Waals surface area contributed by atoms with Crippen molar-refractivity contribution in [2.24, 2.45) is 0 Å². The van der Waals surface area contributed by atoms with E-state index >= 15 is 0 Å². The zero-order valence-electron chi connectivity index (χ0n) is 10.3. The predicted molar refractivity (Wildman–Crippen MR) is 72.6 cm³/mol. The number of hydrogen-bond donors (Lipinski definition) is 1. The highest BCUT2D eigenvalue weighted by Gasteiger charge is 2.17. The van der Waals surface area contributed by atoms with E-state index in [1.165, 1.54) is 12.1 Å². The number of nitro groups is 1. The number of rotatable bonds is 5. The van der Waals surface area contributed by atoms with Gasteiger partial charge in [0.15, 0.2) is 0 Å². The van der Waals surface area contributed by atoms with Gasteiger partial charge in [0.1, 0.15) is 0 Å². The van der Waals surface area contributed by atoms with E-state index in [4.69, 9.17) is 0 Å². The molecule has 0 spiro atoms. The number of thiophene rings is 1. The lowest BCUT2D eigenvalue weighted by Crippen LogP contribution is -2.18. The average Bonchev–Trinajstić information content (AvgIpc) is 2.90. The second-order valence-corrected chi connectivity index (χ2v) is 5.10. The summed E-state index contributed by atoms with van der Waals surface area (Å²) in [7, 11) is 0. The molecular formula is C13H13FN2O2S. The molecule has 0 aliphatic carbocycles. The van der Waals surface area contributed by atoms with Crippen molar-refractivity contribution < 1.29 is 9.31 Å². The second-order valence-electron chi connectivity index (χ2n) is 4.13. The highest BCUT2D eigenvalue weighted by molar-refractivity contribution is 7.10. The molecule has 2 rings (SSSR count). The quantitative estimate of drug-likeness (QED) is 0.672. The van der Waals surface area contributed by atoms with Gasteiger partial charge in [-0.15, -0.1) is 11.3 Å². The van der Waals surface area contributed by atoms with Crippen molar-refractivity contribution in [1.82, 2.24) is 5.32 Å². The van der Waals surface area contributed by atoms with Crippen molar-refractivity contribution in [2.45, 2.75) is 19.5 Å². The van der Waals surface area contributed by atoms with E-state index in [1.807, 2.05) is 24.4 Å². The molecule has 1 atom stereocenters. The highest BCUT2D eigenvalue weighted by atomic mass is 32.1. The first-order chi connectivity index (χ1) is 9.09. The van der Waals surface area contributed by atoms with Crippen LogP contribution in [0.2, 0.25) is 0 Å². The number of nitro benzene ring substituents is 1. The average molecular weight is 280 g/mol. The van der Waals surface area contributed by atoms with Crippen LogP contribution in [0.25, 0.3) is 0 Å². The molecule has 19 heavy (non-hydrogen) atoms.